The number of hydrogen-bond acceptors (Lipinski definition) is 4. The first-order valence-electron chi connectivity index (χ1n) is 9.53. The average Bonchev–Trinajstić information content (AvgIpc) is 3.38. The molecule has 4 heteroatoms. The molecule has 0 aromatic heterocycles. The van der Waals surface area contributed by atoms with Gasteiger partial charge in [0.15, 0.2) is 0 Å². The maximum Gasteiger partial charge on any atom is 0.0985 e. The average molecular weight is 346 g/mol. The zero-order valence-electron chi connectivity index (χ0n) is 15.5. The highest BCUT2D eigenvalue weighted by atomic mass is 15.6. The van der Waals surface area contributed by atoms with Crippen LogP contribution in [-0.2, 0) is 0 Å². The number of aliphatic imine (C=N–C) groups is 1. The van der Waals surface area contributed by atoms with Crippen LogP contribution in [0.15, 0.2) is 69.5 Å². The molecule has 0 saturated heterocycles. The van der Waals surface area contributed by atoms with Gasteiger partial charge >= 0.3 is 0 Å². The largest absolute Gasteiger partial charge is 0.296 e. The van der Waals surface area contributed by atoms with Gasteiger partial charge in [-0.3, -0.25) is 4.99 Å². The summed E-state index contributed by atoms with van der Waals surface area (Å²) in [7, 11) is 1.78. The summed E-state index contributed by atoms with van der Waals surface area (Å²) in [5.41, 5.74) is 3.46. The standard InChI is InChI=1S/C22H26N4/c1-3-4-16(13-14-23-2)5-6-17-7-11-20(12-8-17)26-22-19-10-9-18(15-19)21(22)24-25-26/h3-8,11-14,18-19,21-22H,9-10,15H2,1-2H3/b4-3-,6-5+,16-13+,23-14?. The highest BCUT2D eigenvalue weighted by Gasteiger charge is 2.53. The molecule has 2 fully saturated rings. The first-order valence-corrected chi connectivity index (χ1v) is 9.53. The van der Waals surface area contributed by atoms with E-state index in [-0.39, 0.29) is 0 Å². The van der Waals surface area contributed by atoms with Crippen LogP contribution in [0.4, 0.5) is 5.69 Å². The second-order valence-electron chi connectivity index (χ2n) is 7.36. The maximum atomic E-state index is 4.58. The fourth-order valence-electron chi connectivity index (χ4n) is 4.59. The third kappa shape index (κ3) is 3.16. The normalized spacial score (nSPS) is 30.5. The van der Waals surface area contributed by atoms with Crippen molar-refractivity contribution >= 4 is 18.0 Å². The van der Waals surface area contributed by atoms with Gasteiger partial charge in [-0.05, 0) is 67.4 Å². The van der Waals surface area contributed by atoms with Gasteiger partial charge < -0.3 is 0 Å². The fourth-order valence-corrected chi connectivity index (χ4v) is 4.59. The predicted molar refractivity (Wildman–Crippen MR) is 109 cm³/mol. The van der Waals surface area contributed by atoms with E-state index < -0.39 is 0 Å². The van der Waals surface area contributed by atoms with Crippen LogP contribution in [0.1, 0.15) is 31.7 Å². The highest BCUT2D eigenvalue weighted by molar-refractivity contribution is 5.75. The van der Waals surface area contributed by atoms with Gasteiger partial charge in [-0.1, -0.05) is 41.7 Å². The Kier molecular flexibility index (Phi) is 4.83. The summed E-state index contributed by atoms with van der Waals surface area (Å²) in [4.78, 5) is 4.02. The number of allylic oxidation sites excluding steroid dienone is 5. The van der Waals surface area contributed by atoms with Crippen molar-refractivity contribution in [3.05, 3.63) is 59.7 Å². The lowest BCUT2D eigenvalue weighted by atomic mass is 9.91. The molecule has 0 N–H and O–H groups in total. The van der Waals surface area contributed by atoms with Crippen LogP contribution in [-0.4, -0.2) is 25.3 Å². The van der Waals surface area contributed by atoms with Gasteiger partial charge in [-0.25, -0.2) is 5.01 Å². The number of fused-ring (bicyclic) bond motifs is 5. The Hall–Kier alpha value is -2.49. The molecule has 3 aliphatic rings. The van der Waals surface area contributed by atoms with Crippen molar-refractivity contribution in [1.29, 1.82) is 0 Å². The van der Waals surface area contributed by atoms with Gasteiger partial charge in [0.05, 0.1) is 17.8 Å². The number of nitrogens with zero attached hydrogens (tertiary/aromatic N) is 4. The van der Waals surface area contributed by atoms with Crippen molar-refractivity contribution in [2.45, 2.75) is 38.3 Å². The molecule has 2 bridgehead atoms. The molecule has 4 rings (SSSR count). The topological polar surface area (TPSA) is 40.3 Å². The molecular weight excluding hydrogens is 320 g/mol. The molecule has 4 atom stereocenters. The fraction of sp³-hybridized carbons (Fsp3) is 0.409. The van der Waals surface area contributed by atoms with Crippen LogP contribution in [0.2, 0.25) is 0 Å². The van der Waals surface area contributed by atoms with Crippen LogP contribution in [0.3, 0.4) is 0 Å². The monoisotopic (exact) mass is 346 g/mol. The Morgan fingerprint density at radius 2 is 1.96 bits per heavy atom. The summed E-state index contributed by atoms with van der Waals surface area (Å²) in [6, 6.07) is 9.57. The van der Waals surface area contributed by atoms with Crippen LogP contribution >= 0.6 is 0 Å². The minimum absolute atomic E-state index is 0.432. The van der Waals surface area contributed by atoms with Gasteiger partial charge in [0, 0.05) is 13.3 Å². The van der Waals surface area contributed by atoms with E-state index in [1.54, 1.807) is 7.05 Å². The summed E-state index contributed by atoms with van der Waals surface area (Å²) < 4.78 is 0. The van der Waals surface area contributed by atoms with Crippen molar-refractivity contribution in [3.63, 3.8) is 0 Å². The van der Waals surface area contributed by atoms with Crippen molar-refractivity contribution in [1.82, 2.24) is 0 Å². The summed E-state index contributed by atoms with van der Waals surface area (Å²) in [5, 5.41) is 11.3. The first-order chi connectivity index (χ1) is 12.8. The Morgan fingerprint density at radius 1 is 1.15 bits per heavy atom. The molecule has 4 nitrogen and oxygen atoms in total. The molecule has 1 aromatic rings. The zero-order chi connectivity index (χ0) is 17.9. The van der Waals surface area contributed by atoms with Crippen molar-refractivity contribution in [2.75, 3.05) is 12.1 Å². The number of anilines is 1. The number of hydrogen-bond donors (Lipinski definition) is 0. The van der Waals surface area contributed by atoms with E-state index in [1.807, 2.05) is 25.3 Å². The van der Waals surface area contributed by atoms with E-state index in [0.29, 0.717) is 12.1 Å². The predicted octanol–water partition coefficient (Wildman–Crippen LogP) is 5.26. The van der Waals surface area contributed by atoms with Crippen molar-refractivity contribution in [3.8, 4) is 0 Å². The van der Waals surface area contributed by atoms with Gasteiger partial charge in [-0.2, -0.15) is 5.11 Å². The van der Waals surface area contributed by atoms with E-state index in [1.165, 1.54) is 24.8 Å². The third-order valence-electron chi connectivity index (χ3n) is 5.79. The van der Waals surface area contributed by atoms with Gasteiger partial charge in [-0.15, -0.1) is 0 Å². The minimum atomic E-state index is 0.432. The molecule has 0 amide bonds. The van der Waals surface area contributed by atoms with Crippen molar-refractivity contribution < 1.29 is 0 Å². The van der Waals surface area contributed by atoms with E-state index in [0.717, 1.165) is 23.1 Å². The van der Waals surface area contributed by atoms with E-state index in [2.05, 4.69) is 62.8 Å². The first kappa shape index (κ1) is 17.0. The van der Waals surface area contributed by atoms with Crippen molar-refractivity contribution in [2.24, 2.45) is 27.2 Å². The molecule has 4 unspecified atom stereocenters. The molecule has 2 saturated carbocycles. The Balaban J connectivity index is 1.47. The van der Waals surface area contributed by atoms with E-state index in [4.69, 9.17) is 0 Å². The molecular formula is C22H26N4. The lowest BCUT2D eigenvalue weighted by Gasteiger charge is -2.29. The molecule has 0 radical (unpaired) electrons. The lowest BCUT2D eigenvalue weighted by molar-refractivity contribution is 0.383. The van der Waals surface area contributed by atoms with Crippen LogP contribution in [0.5, 0.6) is 0 Å². The molecule has 134 valence electrons. The highest BCUT2D eigenvalue weighted by Crippen LogP contribution is 2.51. The third-order valence-corrected chi connectivity index (χ3v) is 5.79. The SMILES string of the molecule is C\C=C/C(/C=C/c1ccc(N2N=NC3C4CCC(C4)C32)cc1)=C\C=NC. The van der Waals surface area contributed by atoms with E-state index in [9.17, 15) is 0 Å². The van der Waals surface area contributed by atoms with E-state index >= 15 is 0 Å². The summed E-state index contributed by atoms with van der Waals surface area (Å²) >= 11 is 0. The molecule has 26 heavy (non-hydrogen) atoms. The van der Waals surface area contributed by atoms with Crippen LogP contribution in [0, 0.1) is 11.8 Å². The number of rotatable bonds is 5. The molecule has 0 spiro atoms. The minimum Gasteiger partial charge on any atom is -0.296 e. The molecule has 1 aliphatic heterocycles. The number of benzene rings is 1. The Labute approximate surface area is 155 Å². The van der Waals surface area contributed by atoms with Crippen LogP contribution in [0.25, 0.3) is 6.08 Å². The second-order valence-corrected chi connectivity index (χ2v) is 7.36. The summed E-state index contributed by atoms with van der Waals surface area (Å²) in [5.74, 6) is 1.54. The molecule has 1 heterocycles. The molecule has 2 aliphatic carbocycles. The quantitative estimate of drug-likeness (QED) is 0.530. The summed E-state index contributed by atoms with van der Waals surface area (Å²) in [6.07, 6.45) is 16.2. The van der Waals surface area contributed by atoms with Crippen LogP contribution < -0.4 is 5.01 Å². The molecule has 1 aromatic carbocycles. The van der Waals surface area contributed by atoms with Gasteiger partial charge in [0.25, 0.3) is 0 Å². The zero-order valence-corrected chi connectivity index (χ0v) is 15.5. The lowest BCUT2D eigenvalue weighted by Crippen LogP contribution is -2.39. The van der Waals surface area contributed by atoms with Gasteiger partial charge in [0.2, 0.25) is 0 Å². The Morgan fingerprint density at radius 3 is 2.73 bits per heavy atom. The second kappa shape index (κ2) is 7.40. The summed E-state index contributed by atoms with van der Waals surface area (Å²) in [6.45, 7) is 2.02. The Bertz CT molecular complexity index is 785. The van der Waals surface area contributed by atoms with Gasteiger partial charge in [0.1, 0.15) is 0 Å². The maximum absolute atomic E-state index is 4.58. The smallest absolute Gasteiger partial charge is 0.0985 e.